The molecule has 0 radical (unpaired) electrons. The van der Waals surface area contributed by atoms with Crippen LogP contribution in [0.5, 0.6) is 5.75 Å². The van der Waals surface area contributed by atoms with Crippen LogP contribution in [-0.4, -0.2) is 18.3 Å². The van der Waals surface area contributed by atoms with E-state index in [0.717, 1.165) is 23.1 Å². The van der Waals surface area contributed by atoms with E-state index in [2.05, 4.69) is 15.9 Å². The predicted molar refractivity (Wildman–Crippen MR) is 84.9 cm³/mol. The van der Waals surface area contributed by atoms with Crippen LogP contribution in [0.25, 0.3) is 0 Å². The molecule has 1 saturated heterocycles. The third-order valence-electron chi connectivity index (χ3n) is 4.46. The van der Waals surface area contributed by atoms with E-state index in [1.54, 1.807) is 0 Å². The van der Waals surface area contributed by atoms with Crippen molar-refractivity contribution in [2.45, 2.75) is 55.6 Å². The Bertz CT molecular complexity index is 472. The fraction of sp³-hybridized carbons (Fsp3) is 0.625. The Morgan fingerprint density at radius 2 is 2.10 bits per heavy atom. The molecule has 20 heavy (non-hydrogen) atoms. The van der Waals surface area contributed by atoms with Crippen LogP contribution in [-0.2, 0) is 10.1 Å². The smallest absolute Gasteiger partial charge is 0.142 e. The summed E-state index contributed by atoms with van der Waals surface area (Å²) in [6.45, 7) is 0.603. The highest BCUT2D eigenvalue weighted by molar-refractivity contribution is 9.08. The largest absolute Gasteiger partial charge is 0.489 e. The van der Waals surface area contributed by atoms with E-state index in [1.807, 2.05) is 18.2 Å². The van der Waals surface area contributed by atoms with Crippen molar-refractivity contribution in [2.75, 3.05) is 6.61 Å². The molecule has 1 unspecified atom stereocenters. The van der Waals surface area contributed by atoms with Crippen molar-refractivity contribution in [3.8, 4) is 5.75 Å². The van der Waals surface area contributed by atoms with Crippen molar-refractivity contribution in [3.63, 3.8) is 0 Å². The molecule has 1 aromatic rings. The second-order valence-corrected chi connectivity index (χ2v) is 6.81. The number of rotatable bonds is 4. The molecule has 2 nitrogen and oxygen atoms in total. The van der Waals surface area contributed by atoms with Crippen LogP contribution < -0.4 is 4.74 Å². The molecule has 110 valence electrons. The van der Waals surface area contributed by atoms with Gasteiger partial charge in [-0.3, -0.25) is 0 Å². The molecule has 1 aliphatic heterocycles. The molecule has 1 heterocycles. The van der Waals surface area contributed by atoms with E-state index in [-0.39, 0.29) is 11.7 Å². The Morgan fingerprint density at radius 1 is 1.30 bits per heavy atom. The molecule has 1 atom stereocenters. The fourth-order valence-corrected chi connectivity index (χ4v) is 4.09. The summed E-state index contributed by atoms with van der Waals surface area (Å²) >= 11 is 9.70. The summed E-state index contributed by atoms with van der Waals surface area (Å²) in [6, 6.07) is 5.85. The lowest BCUT2D eigenvalue weighted by Gasteiger charge is -2.24. The number of halogens is 2. The molecule has 2 aliphatic rings. The first-order chi connectivity index (χ1) is 9.72. The van der Waals surface area contributed by atoms with Crippen molar-refractivity contribution in [2.24, 2.45) is 0 Å². The molecule has 1 aliphatic carbocycles. The van der Waals surface area contributed by atoms with Gasteiger partial charge in [-0.05, 0) is 31.7 Å². The predicted octanol–water partition coefficient (Wildman–Crippen LogP) is 5.11. The van der Waals surface area contributed by atoms with Gasteiger partial charge in [0.05, 0.1) is 16.7 Å². The summed E-state index contributed by atoms with van der Waals surface area (Å²) in [4.78, 5) is 0. The van der Waals surface area contributed by atoms with Gasteiger partial charge >= 0.3 is 0 Å². The van der Waals surface area contributed by atoms with Gasteiger partial charge in [-0.1, -0.05) is 52.5 Å². The van der Waals surface area contributed by atoms with Gasteiger partial charge in [0.2, 0.25) is 0 Å². The number of para-hydroxylation sites is 1. The first kappa shape index (κ1) is 14.7. The zero-order valence-corrected chi connectivity index (χ0v) is 13.9. The van der Waals surface area contributed by atoms with Gasteiger partial charge in [-0.2, -0.15) is 0 Å². The molecule has 0 aromatic heterocycles. The van der Waals surface area contributed by atoms with Crippen LogP contribution >= 0.6 is 27.5 Å². The van der Waals surface area contributed by atoms with Gasteiger partial charge in [-0.25, -0.2) is 0 Å². The Morgan fingerprint density at radius 3 is 2.85 bits per heavy atom. The lowest BCUT2D eigenvalue weighted by atomic mass is 9.98. The average molecular weight is 360 g/mol. The van der Waals surface area contributed by atoms with Crippen LogP contribution in [0.1, 0.15) is 44.1 Å². The van der Waals surface area contributed by atoms with E-state index < -0.39 is 0 Å². The molecule has 3 rings (SSSR count). The van der Waals surface area contributed by atoms with Crippen LogP contribution in [0, 0.1) is 0 Å². The molecule has 0 amide bonds. The lowest BCUT2D eigenvalue weighted by Crippen LogP contribution is -2.27. The van der Waals surface area contributed by atoms with E-state index in [4.69, 9.17) is 21.1 Å². The van der Waals surface area contributed by atoms with E-state index in [0.29, 0.717) is 11.6 Å². The highest BCUT2D eigenvalue weighted by Gasteiger charge is 2.42. The number of ether oxygens (including phenoxy) is 2. The highest BCUT2D eigenvalue weighted by atomic mass is 79.9. The number of hydrogen-bond donors (Lipinski definition) is 0. The summed E-state index contributed by atoms with van der Waals surface area (Å²) in [6.07, 6.45) is 7.58. The minimum absolute atomic E-state index is 0.173. The standard InChI is InChI=1S/C16H20BrClO2/c17-10-12-4-3-5-14(18)15(12)19-11-13-6-9-16(20-13)7-1-2-8-16/h3-5,13H,1-2,6-11H2. The second-order valence-electron chi connectivity index (χ2n) is 5.84. The Balaban J connectivity index is 1.60. The zero-order chi connectivity index (χ0) is 14.0. The number of benzene rings is 1. The molecule has 1 aromatic carbocycles. The minimum Gasteiger partial charge on any atom is -0.489 e. The molecule has 1 saturated carbocycles. The van der Waals surface area contributed by atoms with Crippen molar-refractivity contribution in [1.29, 1.82) is 0 Å². The maximum absolute atomic E-state index is 6.27. The van der Waals surface area contributed by atoms with Crippen LogP contribution in [0.4, 0.5) is 0 Å². The van der Waals surface area contributed by atoms with Crippen molar-refractivity contribution in [1.82, 2.24) is 0 Å². The van der Waals surface area contributed by atoms with Crippen LogP contribution in [0.3, 0.4) is 0 Å². The molecule has 0 bridgehead atoms. The summed E-state index contributed by atoms with van der Waals surface area (Å²) in [5, 5.41) is 1.42. The van der Waals surface area contributed by atoms with Gasteiger partial charge in [0, 0.05) is 10.9 Å². The van der Waals surface area contributed by atoms with E-state index >= 15 is 0 Å². The summed E-state index contributed by atoms with van der Waals surface area (Å²) in [5.41, 5.74) is 1.26. The topological polar surface area (TPSA) is 18.5 Å². The van der Waals surface area contributed by atoms with Crippen molar-refractivity contribution in [3.05, 3.63) is 28.8 Å². The van der Waals surface area contributed by atoms with Crippen LogP contribution in [0.15, 0.2) is 18.2 Å². The first-order valence-corrected chi connectivity index (χ1v) is 8.86. The number of hydrogen-bond acceptors (Lipinski definition) is 2. The Hall–Kier alpha value is -0.250. The van der Waals surface area contributed by atoms with Crippen molar-refractivity contribution >= 4 is 27.5 Å². The molecule has 4 heteroatoms. The Kier molecular flexibility index (Phi) is 4.58. The lowest BCUT2D eigenvalue weighted by molar-refractivity contribution is -0.0509. The zero-order valence-electron chi connectivity index (χ0n) is 11.5. The SMILES string of the molecule is Clc1cccc(CBr)c1OCC1CCC2(CCCC2)O1. The quantitative estimate of drug-likeness (QED) is 0.696. The maximum atomic E-state index is 6.27. The van der Waals surface area contributed by atoms with Crippen LogP contribution in [0.2, 0.25) is 5.02 Å². The van der Waals surface area contributed by atoms with Gasteiger partial charge in [0.15, 0.2) is 0 Å². The highest BCUT2D eigenvalue weighted by Crippen LogP contribution is 2.43. The van der Waals surface area contributed by atoms with E-state index in [9.17, 15) is 0 Å². The Labute approximate surface area is 133 Å². The molecule has 1 spiro atoms. The molecular weight excluding hydrogens is 340 g/mol. The van der Waals surface area contributed by atoms with Crippen molar-refractivity contribution < 1.29 is 9.47 Å². The normalized spacial score (nSPS) is 24.4. The summed E-state index contributed by atoms with van der Waals surface area (Å²) < 4.78 is 12.2. The van der Waals surface area contributed by atoms with Gasteiger partial charge in [-0.15, -0.1) is 0 Å². The van der Waals surface area contributed by atoms with Gasteiger partial charge in [0.1, 0.15) is 12.4 Å². The monoisotopic (exact) mass is 358 g/mol. The molecule has 0 N–H and O–H groups in total. The summed E-state index contributed by atoms with van der Waals surface area (Å²) in [7, 11) is 0. The fourth-order valence-electron chi connectivity index (χ4n) is 3.40. The first-order valence-electron chi connectivity index (χ1n) is 7.36. The van der Waals surface area contributed by atoms with Gasteiger partial charge in [0.25, 0.3) is 0 Å². The third-order valence-corrected chi connectivity index (χ3v) is 5.36. The summed E-state index contributed by atoms with van der Waals surface area (Å²) in [5.74, 6) is 0.794. The maximum Gasteiger partial charge on any atom is 0.142 e. The average Bonchev–Trinajstić information content (AvgIpc) is 3.08. The van der Waals surface area contributed by atoms with Gasteiger partial charge < -0.3 is 9.47 Å². The third kappa shape index (κ3) is 3.00. The molecule has 2 fully saturated rings. The molecular formula is C16H20BrClO2. The van der Waals surface area contributed by atoms with E-state index in [1.165, 1.54) is 32.1 Å². The second kappa shape index (κ2) is 6.25. The number of alkyl halides is 1. The minimum atomic E-state index is 0.173.